The third-order valence-corrected chi connectivity index (χ3v) is 1.76. The zero-order chi connectivity index (χ0) is 9.07. The summed E-state index contributed by atoms with van der Waals surface area (Å²) >= 11 is 0. The molecule has 3 N–H and O–H groups in total. The van der Waals surface area contributed by atoms with Crippen LogP contribution >= 0.6 is 0 Å². The van der Waals surface area contributed by atoms with Crippen LogP contribution in [-0.2, 0) is 4.79 Å². The molecule has 11 heavy (non-hydrogen) atoms. The van der Waals surface area contributed by atoms with Gasteiger partial charge in [-0.25, -0.2) is 0 Å². The molecule has 0 rings (SSSR count). The van der Waals surface area contributed by atoms with E-state index in [1.54, 1.807) is 6.92 Å². The van der Waals surface area contributed by atoms with Crippen molar-refractivity contribution >= 4 is 5.91 Å². The van der Waals surface area contributed by atoms with E-state index in [1.165, 1.54) is 0 Å². The Balaban J connectivity index is 3.94. The van der Waals surface area contributed by atoms with Crippen molar-refractivity contribution in [3.05, 3.63) is 0 Å². The fraction of sp³-hybridized carbons (Fsp3) is 0.875. The smallest absolute Gasteiger partial charge is 0.237 e. The van der Waals surface area contributed by atoms with E-state index in [-0.39, 0.29) is 11.4 Å². The summed E-state index contributed by atoms with van der Waals surface area (Å²) in [5, 5.41) is 2.84. The highest BCUT2D eigenvalue weighted by molar-refractivity contribution is 5.81. The fourth-order valence-electron chi connectivity index (χ4n) is 0.536. The highest BCUT2D eigenvalue weighted by Crippen LogP contribution is 2.06. The molecule has 0 aromatic rings. The fourth-order valence-corrected chi connectivity index (χ4v) is 0.536. The number of nitrogens with one attached hydrogen (secondary N) is 1. The molecule has 66 valence electrons. The van der Waals surface area contributed by atoms with Gasteiger partial charge in [0, 0.05) is 5.54 Å². The second-order valence-electron chi connectivity index (χ2n) is 3.52. The summed E-state index contributed by atoms with van der Waals surface area (Å²) in [6.07, 6.45) is 0.908. The lowest BCUT2D eigenvalue weighted by atomic mass is 10.0. The quantitative estimate of drug-likeness (QED) is 0.633. The summed E-state index contributed by atoms with van der Waals surface area (Å²) in [4.78, 5) is 11.1. The first kappa shape index (κ1) is 10.4. The Morgan fingerprint density at radius 1 is 1.64 bits per heavy atom. The predicted molar refractivity (Wildman–Crippen MR) is 46.2 cm³/mol. The van der Waals surface area contributed by atoms with Crippen LogP contribution in [0, 0.1) is 0 Å². The molecule has 1 atom stereocenters. The summed E-state index contributed by atoms with van der Waals surface area (Å²) in [6.45, 7) is 7.67. The van der Waals surface area contributed by atoms with E-state index in [0.717, 1.165) is 6.42 Å². The number of rotatable bonds is 3. The topological polar surface area (TPSA) is 55.1 Å². The average Bonchev–Trinajstić information content (AvgIpc) is 1.87. The van der Waals surface area contributed by atoms with Crippen molar-refractivity contribution in [1.29, 1.82) is 0 Å². The van der Waals surface area contributed by atoms with Crippen molar-refractivity contribution in [2.75, 3.05) is 0 Å². The molecule has 0 aliphatic heterocycles. The molecule has 0 bridgehead atoms. The van der Waals surface area contributed by atoms with Crippen LogP contribution in [0.3, 0.4) is 0 Å². The minimum atomic E-state index is -0.416. The molecule has 0 fully saturated rings. The Hall–Kier alpha value is -0.570. The van der Waals surface area contributed by atoms with E-state index >= 15 is 0 Å². The number of amides is 1. The standard InChI is InChI=1S/C8H18N2O/c1-5-8(3,4)10-7(11)6(2)9/h6H,5,9H2,1-4H3,(H,10,11)/t6-/m1/s1. The van der Waals surface area contributed by atoms with E-state index in [2.05, 4.69) is 5.32 Å². The lowest BCUT2D eigenvalue weighted by Crippen LogP contribution is -2.49. The van der Waals surface area contributed by atoms with Gasteiger partial charge in [0.25, 0.3) is 0 Å². The van der Waals surface area contributed by atoms with Crippen LogP contribution in [0.15, 0.2) is 0 Å². The van der Waals surface area contributed by atoms with Gasteiger partial charge in [0.15, 0.2) is 0 Å². The molecule has 1 amide bonds. The molecular formula is C8H18N2O. The molecular weight excluding hydrogens is 140 g/mol. The van der Waals surface area contributed by atoms with Crippen molar-refractivity contribution in [3.63, 3.8) is 0 Å². The molecule has 0 spiro atoms. The van der Waals surface area contributed by atoms with Crippen molar-refractivity contribution < 1.29 is 4.79 Å². The van der Waals surface area contributed by atoms with Gasteiger partial charge < -0.3 is 11.1 Å². The minimum absolute atomic E-state index is 0.0862. The Morgan fingerprint density at radius 3 is 2.36 bits per heavy atom. The Kier molecular flexibility index (Phi) is 3.52. The van der Waals surface area contributed by atoms with E-state index in [0.29, 0.717) is 0 Å². The molecule has 0 radical (unpaired) electrons. The van der Waals surface area contributed by atoms with Crippen LogP contribution < -0.4 is 11.1 Å². The molecule has 0 unspecified atom stereocenters. The zero-order valence-corrected chi connectivity index (χ0v) is 7.77. The number of hydrogen-bond donors (Lipinski definition) is 2. The summed E-state index contributed by atoms with van der Waals surface area (Å²) in [7, 11) is 0. The summed E-state index contributed by atoms with van der Waals surface area (Å²) in [5.41, 5.74) is 5.25. The number of hydrogen-bond acceptors (Lipinski definition) is 2. The van der Waals surface area contributed by atoms with Crippen LogP contribution in [-0.4, -0.2) is 17.5 Å². The van der Waals surface area contributed by atoms with Gasteiger partial charge in [0.05, 0.1) is 6.04 Å². The zero-order valence-electron chi connectivity index (χ0n) is 7.77. The van der Waals surface area contributed by atoms with E-state index in [9.17, 15) is 4.79 Å². The van der Waals surface area contributed by atoms with Crippen molar-refractivity contribution in [2.45, 2.75) is 45.7 Å². The maximum Gasteiger partial charge on any atom is 0.237 e. The first-order valence-electron chi connectivity index (χ1n) is 3.96. The van der Waals surface area contributed by atoms with Crippen molar-refractivity contribution in [2.24, 2.45) is 5.73 Å². The normalized spacial score (nSPS) is 14.3. The molecule has 0 saturated carbocycles. The molecule has 0 aliphatic rings. The number of nitrogens with two attached hydrogens (primary N) is 1. The second-order valence-corrected chi connectivity index (χ2v) is 3.52. The minimum Gasteiger partial charge on any atom is -0.350 e. The first-order valence-corrected chi connectivity index (χ1v) is 3.96. The Bertz CT molecular complexity index is 141. The molecule has 0 aromatic carbocycles. The number of carbonyl (C=O) groups excluding carboxylic acids is 1. The average molecular weight is 158 g/mol. The van der Waals surface area contributed by atoms with Gasteiger partial charge in [0.1, 0.15) is 0 Å². The summed E-state index contributed by atoms with van der Waals surface area (Å²) < 4.78 is 0. The largest absolute Gasteiger partial charge is 0.350 e. The third-order valence-electron chi connectivity index (χ3n) is 1.76. The van der Waals surface area contributed by atoms with Crippen LogP contribution in [0.5, 0.6) is 0 Å². The van der Waals surface area contributed by atoms with E-state index in [4.69, 9.17) is 5.73 Å². The van der Waals surface area contributed by atoms with Crippen molar-refractivity contribution in [3.8, 4) is 0 Å². The van der Waals surface area contributed by atoms with Gasteiger partial charge in [0.2, 0.25) is 5.91 Å². The molecule has 3 heteroatoms. The van der Waals surface area contributed by atoms with Gasteiger partial charge in [-0.15, -0.1) is 0 Å². The van der Waals surface area contributed by atoms with Gasteiger partial charge in [-0.2, -0.15) is 0 Å². The Morgan fingerprint density at radius 2 is 2.09 bits per heavy atom. The molecule has 0 aliphatic carbocycles. The van der Waals surface area contributed by atoms with Gasteiger partial charge in [-0.05, 0) is 27.2 Å². The second kappa shape index (κ2) is 3.72. The summed E-state index contributed by atoms with van der Waals surface area (Å²) in [5.74, 6) is -0.0862. The first-order chi connectivity index (χ1) is 4.89. The highest BCUT2D eigenvalue weighted by Gasteiger charge is 2.19. The lowest BCUT2D eigenvalue weighted by Gasteiger charge is -2.25. The Labute approximate surface area is 68.3 Å². The monoisotopic (exact) mass is 158 g/mol. The van der Waals surface area contributed by atoms with Gasteiger partial charge >= 0.3 is 0 Å². The predicted octanol–water partition coefficient (Wildman–Crippen LogP) is 0.638. The molecule has 3 nitrogen and oxygen atoms in total. The van der Waals surface area contributed by atoms with Crippen LogP contribution in [0.2, 0.25) is 0 Å². The SMILES string of the molecule is CCC(C)(C)NC(=O)[C@@H](C)N. The lowest BCUT2D eigenvalue weighted by molar-refractivity contribution is -0.123. The van der Waals surface area contributed by atoms with Gasteiger partial charge in [-0.1, -0.05) is 6.92 Å². The highest BCUT2D eigenvalue weighted by atomic mass is 16.2. The van der Waals surface area contributed by atoms with E-state index < -0.39 is 6.04 Å². The van der Waals surface area contributed by atoms with Crippen LogP contribution in [0.1, 0.15) is 34.1 Å². The van der Waals surface area contributed by atoms with Crippen LogP contribution in [0.4, 0.5) is 0 Å². The molecule has 0 saturated heterocycles. The van der Waals surface area contributed by atoms with Crippen LogP contribution in [0.25, 0.3) is 0 Å². The maximum atomic E-state index is 11.1. The summed E-state index contributed by atoms with van der Waals surface area (Å²) in [6, 6.07) is -0.416. The van der Waals surface area contributed by atoms with Crippen molar-refractivity contribution in [1.82, 2.24) is 5.32 Å². The number of carbonyl (C=O) groups is 1. The maximum absolute atomic E-state index is 11.1. The van der Waals surface area contributed by atoms with E-state index in [1.807, 2.05) is 20.8 Å². The van der Waals surface area contributed by atoms with Gasteiger partial charge in [-0.3, -0.25) is 4.79 Å². The third kappa shape index (κ3) is 3.98. The molecule has 0 aromatic heterocycles. The molecule has 0 heterocycles.